The van der Waals surface area contributed by atoms with Gasteiger partial charge in [0.25, 0.3) is 17.4 Å². The van der Waals surface area contributed by atoms with Gasteiger partial charge in [0.15, 0.2) is 0 Å². The van der Waals surface area contributed by atoms with E-state index in [1.807, 2.05) is 31.2 Å². The zero-order valence-electron chi connectivity index (χ0n) is 20.3. The van der Waals surface area contributed by atoms with E-state index in [1.165, 1.54) is 22.6 Å². The number of pyridine rings is 1. The first-order valence-electron chi connectivity index (χ1n) is 11.4. The lowest BCUT2D eigenvalue weighted by atomic mass is 10.0. The molecule has 3 rings (SSSR count). The Bertz CT molecular complexity index is 1250. The predicted octanol–water partition coefficient (Wildman–Crippen LogP) is 0.359. The van der Waals surface area contributed by atoms with Crippen LogP contribution in [0.15, 0.2) is 35.1 Å². The number of fused-ring (bicyclic) bond motifs is 1. The van der Waals surface area contributed by atoms with Crippen LogP contribution in [0.25, 0.3) is 0 Å². The molecule has 2 heterocycles. The highest BCUT2D eigenvalue weighted by molar-refractivity contribution is 7.88. The van der Waals surface area contributed by atoms with Crippen LogP contribution in [0.5, 0.6) is 0 Å². The van der Waals surface area contributed by atoms with E-state index in [4.69, 9.17) is 0 Å². The third-order valence-corrected chi connectivity index (χ3v) is 7.44. The van der Waals surface area contributed by atoms with Gasteiger partial charge in [-0.25, -0.2) is 12.7 Å². The maximum atomic E-state index is 13.3. The number of hydrogen-bond acceptors (Lipinski definition) is 6. The van der Waals surface area contributed by atoms with Gasteiger partial charge in [0.1, 0.15) is 11.3 Å². The number of nitrogens with zero attached hydrogens (tertiary/aromatic N) is 3. The number of carbonyl (C=O) groups excluding carboxylic acids is 2. The zero-order chi connectivity index (χ0) is 25.8. The summed E-state index contributed by atoms with van der Waals surface area (Å²) in [6.45, 7) is 2.83. The lowest BCUT2D eigenvalue weighted by Crippen LogP contribution is -2.49. The van der Waals surface area contributed by atoms with Gasteiger partial charge in [0.2, 0.25) is 10.0 Å². The third-order valence-electron chi connectivity index (χ3n) is 6.13. The van der Waals surface area contributed by atoms with Gasteiger partial charge in [0, 0.05) is 46.4 Å². The van der Waals surface area contributed by atoms with E-state index in [0.717, 1.165) is 21.7 Å². The summed E-state index contributed by atoms with van der Waals surface area (Å²) < 4.78 is 25.8. The smallest absolute Gasteiger partial charge is 0.270 e. The van der Waals surface area contributed by atoms with Crippen molar-refractivity contribution in [3.05, 3.63) is 68.6 Å². The Balaban J connectivity index is 1.86. The number of aromatic nitrogens is 1. The minimum absolute atomic E-state index is 0.0492. The Hall–Kier alpha value is -3.02. The molecule has 2 amide bonds. The van der Waals surface area contributed by atoms with Crippen LogP contribution in [0.3, 0.4) is 0 Å². The van der Waals surface area contributed by atoms with Crippen molar-refractivity contribution >= 4 is 21.8 Å². The second-order valence-electron chi connectivity index (χ2n) is 8.76. The lowest BCUT2D eigenvalue weighted by molar-refractivity contribution is 0.0691. The van der Waals surface area contributed by atoms with Crippen molar-refractivity contribution in [2.45, 2.75) is 32.9 Å². The molecule has 190 valence electrons. The summed E-state index contributed by atoms with van der Waals surface area (Å²) in [7, 11) is -1.94. The molecule has 0 fully saturated rings. The highest BCUT2D eigenvalue weighted by atomic mass is 32.2. The van der Waals surface area contributed by atoms with Gasteiger partial charge in [-0.05, 0) is 37.0 Å². The van der Waals surface area contributed by atoms with Crippen molar-refractivity contribution in [2.75, 3.05) is 39.5 Å². The van der Waals surface area contributed by atoms with E-state index < -0.39 is 27.4 Å². The van der Waals surface area contributed by atoms with E-state index in [-0.39, 0.29) is 50.6 Å². The topological polar surface area (TPSA) is 129 Å². The average molecular weight is 505 g/mol. The zero-order valence-corrected chi connectivity index (χ0v) is 21.1. The second-order valence-corrected chi connectivity index (χ2v) is 10.9. The molecule has 1 aromatic carbocycles. The lowest BCUT2D eigenvalue weighted by Gasteiger charge is -2.32. The molecule has 0 spiro atoms. The van der Waals surface area contributed by atoms with Crippen LogP contribution >= 0.6 is 0 Å². The molecule has 0 bridgehead atoms. The molecule has 11 heteroatoms. The minimum Gasteiger partial charge on any atom is -0.396 e. The summed E-state index contributed by atoms with van der Waals surface area (Å²) in [4.78, 5) is 40.9. The maximum Gasteiger partial charge on any atom is 0.270 e. The van der Waals surface area contributed by atoms with Crippen LogP contribution in [-0.4, -0.2) is 78.7 Å². The van der Waals surface area contributed by atoms with Crippen molar-refractivity contribution < 1.29 is 23.1 Å². The van der Waals surface area contributed by atoms with Gasteiger partial charge in [-0.1, -0.05) is 29.8 Å². The number of rotatable bonds is 10. The number of amides is 2. The SMILES string of the molecule is Cc1ccc(CNC(=O)c2cc(CCCO)c3n(c2=O)CCN(CCN(C)S(C)(=O)=O)C3=O)cc1. The van der Waals surface area contributed by atoms with Crippen LogP contribution in [0.2, 0.25) is 0 Å². The van der Waals surface area contributed by atoms with Gasteiger partial charge < -0.3 is 19.9 Å². The number of aryl methyl sites for hydroxylation is 2. The summed E-state index contributed by atoms with van der Waals surface area (Å²) >= 11 is 0. The van der Waals surface area contributed by atoms with Crippen molar-refractivity contribution in [1.82, 2.24) is 19.1 Å². The number of hydrogen-bond donors (Lipinski definition) is 2. The van der Waals surface area contributed by atoms with E-state index in [9.17, 15) is 27.9 Å². The van der Waals surface area contributed by atoms with E-state index >= 15 is 0 Å². The van der Waals surface area contributed by atoms with Crippen LogP contribution in [0.1, 0.15) is 44.0 Å². The van der Waals surface area contributed by atoms with Crippen LogP contribution in [0.4, 0.5) is 0 Å². The predicted molar refractivity (Wildman–Crippen MR) is 132 cm³/mol. The van der Waals surface area contributed by atoms with Gasteiger partial charge in [-0.2, -0.15) is 0 Å². The molecule has 1 aromatic heterocycles. The molecule has 1 aliphatic heterocycles. The molecule has 35 heavy (non-hydrogen) atoms. The minimum atomic E-state index is -3.38. The quantitative estimate of drug-likeness (QED) is 0.481. The molecule has 0 aliphatic carbocycles. The largest absolute Gasteiger partial charge is 0.396 e. The fourth-order valence-electron chi connectivity index (χ4n) is 3.91. The molecule has 1 aliphatic rings. The van der Waals surface area contributed by atoms with Crippen LogP contribution in [0, 0.1) is 6.92 Å². The Morgan fingerprint density at radius 3 is 2.49 bits per heavy atom. The Labute approximate surface area is 205 Å². The number of likely N-dealkylation sites (N-methyl/N-ethyl adjacent to an activating group) is 1. The first-order valence-corrected chi connectivity index (χ1v) is 13.3. The summed E-state index contributed by atoms with van der Waals surface area (Å²) in [5.41, 5.74) is 2.09. The Kier molecular flexibility index (Phi) is 8.47. The molecule has 10 nitrogen and oxygen atoms in total. The number of nitrogens with one attached hydrogen (secondary N) is 1. The van der Waals surface area contributed by atoms with Crippen molar-refractivity contribution in [3.63, 3.8) is 0 Å². The third kappa shape index (κ3) is 6.36. The summed E-state index contributed by atoms with van der Waals surface area (Å²) in [6.07, 6.45) is 1.77. The number of aliphatic hydroxyl groups excluding tert-OH is 1. The molecular weight excluding hydrogens is 472 g/mol. The molecule has 2 N–H and O–H groups in total. The summed E-state index contributed by atoms with van der Waals surface area (Å²) in [6, 6.07) is 9.12. The molecule has 0 radical (unpaired) electrons. The highest BCUT2D eigenvalue weighted by Crippen LogP contribution is 2.19. The van der Waals surface area contributed by atoms with Gasteiger partial charge in [-0.3, -0.25) is 14.4 Å². The monoisotopic (exact) mass is 504 g/mol. The number of benzene rings is 1. The van der Waals surface area contributed by atoms with Crippen molar-refractivity contribution in [2.24, 2.45) is 0 Å². The molecule has 0 atom stereocenters. The number of aliphatic hydroxyl groups is 1. The summed E-state index contributed by atoms with van der Waals surface area (Å²) in [5, 5.41) is 12.1. The number of carbonyl (C=O) groups is 2. The van der Waals surface area contributed by atoms with Gasteiger partial charge in [-0.15, -0.1) is 0 Å². The summed E-state index contributed by atoms with van der Waals surface area (Å²) in [5.74, 6) is -0.921. The fourth-order valence-corrected chi connectivity index (χ4v) is 4.32. The molecular formula is C24H32N4O6S. The Morgan fingerprint density at radius 2 is 1.86 bits per heavy atom. The first-order chi connectivity index (χ1) is 16.5. The van der Waals surface area contributed by atoms with Crippen molar-refractivity contribution in [1.29, 1.82) is 0 Å². The van der Waals surface area contributed by atoms with Crippen LogP contribution in [-0.2, 0) is 29.5 Å². The molecule has 0 saturated heterocycles. The molecule has 2 aromatic rings. The van der Waals surface area contributed by atoms with Crippen molar-refractivity contribution in [3.8, 4) is 0 Å². The van der Waals surface area contributed by atoms with E-state index in [1.54, 1.807) is 0 Å². The Morgan fingerprint density at radius 1 is 1.17 bits per heavy atom. The average Bonchev–Trinajstić information content (AvgIpc) is 2.81. The standard InChI is InChI=1S/C24H32N4O6S/c1-17-6-8-18(9-7-17)16-25-22(30)20-15-19(5-4-14-29)21-24(32)27(12-13-28(21)23(20)31)11-10-26(2)35(3,33)34/h6-9,15,29H,4-5,10-14,16H2,1-3H3,(H,25,30). The highest BCUT2D eigenvalue weighted by Gasteiger charge is 2.30. The molecule has 0 unspecified atom stereocenters. The normalized spacial score (nSPS) is 13.7. The fraction of sp³-hybridized carbons (Fsp3) is 0.458. The second kappa shape index (κ2) is 11.1. The van der Waals surface area contributed by atoms with E-state index in [2.05, 4.69) is 5.32 Å². The van der Waals surface area contributed by atoms with E-state index in [0.29, 0.717) is 18.4 Å². The maximum absolute atomic E-state index is 13.3. The van der Waals surface area contributed by atoms with Gasteiger partial charge in [0.05, 0.1) is 6.26 Å². The first kappa shape index (κ1) is 26.6. The van der Waals surface area contributed by atoms with Crippen LogP contribution < -0.4 is 10.9 Å². The van der Waals surface area contributed by atoms with Gasteiger partial charge >= 0.3 is 0 Å². The molecule has 0 saturated carbocycles. The number of sulfonamides is 1.